The Morgan fingerprint density at radius 1 is 1.20 bits per heavy atom. The van der Waals surface area contributed by atoms with Crippen LogP contribution in [0.4, 0.5) is 4.79 Å². The fourth-order valence-corrected chi connectivity index (χ4v) is 4.07. The molecular formula is C15H26N3O2+. The van der Waals surface area contributed by atoms with E-state index in [9.17, 15) is 9.59 Å². The molecule has 5 nitrogen and oxygen atoms in total. The van der Waals surface area contributed by atoms with Crippen LogP contribution in [0.2, 0.25) is 0 Å². The van der Waals surface area contributed by atoms with E-state index in [1.54, 1.807) is 0 Å². The van der Waals surface area contributed by atoms with Crippen molar-refractivity contribution in [2.75, 3.05) is 19.8 Å². The van der Waals surface area contributed by atoms with Gasteiger partial charge in [-0.25, -0.2) is 9.69 Å². The van der Waals surface area contributed by atoms with E-state index < -0.39 is 5.54 Å². The second-order valence-electron chi connectivity index (χ2n) is 6.75. The lowest BCUT2D eigenvalue weighted by molar-refractivity contribution is -0.912. The number of likely N-dealkylation sites (tertiary alicyclic amines) is 1. The van der Waals surface area contributed by atoms with E-state index in [2.05, 4.69) is 12.2 Å². The zero-order valence-corrected chi connectivity index (χ0v) is 12.4. The van der Waals surface area contributed by atoms with Gasteiger partial charge >= 0.3 is 6.03 Å². The molecule has 0 aromatic carbocycles. The number of nitrogens with zero attached hydrogens (tertiary/aromatic N) is 1. The van der Waals surface area contributed by atoms with Crippen LogP contribution in [0.25, 0.3) is 0 Å². The highest BCUT2D eigenvalue weighted by Crippen LogP contribution is 2.37. The average molecular weight is 280 g/mol. The summed E-state index contributed by atoms with van der Waals surface area (Å²) in [5, 5.41) is 3.03. The number of quaternary nitrogens is 1. The average Bonchev–Trinajstić information content (AvgIpc) is 2.69. The number of hydrogen-bond donors (Lipinski definition) is 2. The van der Waals surface area contributed by atoms with E-state index in [-0.39, 0.29) is 17.9 Å². The summed E-state index contributed by atoms with van der Waals surface area (Å²) >= 11 is 0. The van der Waals surface area contributed by atoms with Crippen molar-refractivity contribution < 1.29 is 14.5 Å². The summed E-state index contributed by atoms with van der Waals surface area (Å²) < 4.78 is 0. The van der Waals surface area contributed by atoms with Gasteiger partial charge in [-0.1, -0.05) is 19.8 Å². The molecule has 3 aliphatic rings. The summed E-state index contributed by atoms with van der Waals surface area (Å²) in [6.07, 6.45) is 7.76. The van der Waals surface area contributed by atoms with E-state index in [0.717, 1.165) is 32.4 Å². The molecule has 3 fully saturated rings. The molecule has 2 saturated heterocycles. The largest absolute Gasteiger partial charge is 0.329 e. The molecule has 1 saturated carbocycles. The minimum absolute atomic E-state index is 0.0350. The monoisotopic (exact) mass is 280 g/mol. The highest BCUT2D eigenvalue weighted by atomic mass is 16.2. The smallest absolute Gasteiger partial charge is 0.323 e. The van der Waals surface area contributed by atoms with Gasteiger partial charge in [0.05, 0.1) is 13.1 Å². The molecule has 0 unspecified atom stereocenters. The van der Waals surface area contributed by atoms with Crippen LogP contribution in [0.15, 0.2) is 0 Å². The summed E-state index contributed by atoms with van der Waals surface area (Å²) in [4.78, 5) is 27.9. The Kier molecular flexibility index (Phi) is 3.71. The van der Waals surface area contributed by atoms with Gasteiger partial charge in [-0.2, -0.15) is 0 Å². The predicted molar refractivity (Wildman–Crippen MR) is 75.2 cm³/mol. The van der Waals surface area contributed by atoms with Gasteiger partial charge in [0.15, 0.2) is 6.67 Å². The number of nitrogens with one attached hydrogen (secondary N) is 2. The second kappa shape index (κ2) is 5.35. The predicted octanol–water partition coefficient (Wildman–Crippen LogP) is 0.513. The van der Waals surface area contributed by atoms with Gasteiger partial charge in [-0.15, -0.1) is 0 Å². The molecule has 0 bridgehead atoms. The van der Waals surface area contributed by atoms with Crippen LogP contribution in [0.1, 0.15) is 51.9 Å². The molecule has 1 aliphatic carbocycles. The number of piperidine rings is 1. The minimum Gasteiger partial charge on any atom is -0.323 e. The van der Waals surface area contributed by atoms with Crippen molar-refractivity contribution in [3.63, 3.8) is 0 Å². The van der Waals surface area contributed by atoms with Crippen molar-refractivity contribution in [2.24, 2.45) is 5.92 Å². The quantitative estimate of drug-likeness (QED) is 0.724. The van der Waals surface area contributed by atoms with Crippen molar-refractivity contribution in [3.8, 4) is 0 Å². The van der Waals surface area contributed by atoms with Crippen molar-refractivity contribution in [3.05, 3.63) is 0 Å². The van der Waals surface area contributed by atoms with Crippen molar-refractivity contribution >= 4 is 11.9 Å². The first kappa shape index (κ1) is 13.9. The van der Waals surface area contributed by atoms with Crippen LogP contribution in [-0.4, -0.2) is 42.1 Å². The molecule has 0 aromatic rings. The second-order valence-corrected chi connectivity index (χ2v) is 6.75. The van der Waals surface area contributed by atoms with Crippen LogP contribution in [0.3, 0.4) is 0 Å². The summed E-state index contributed by atoms with van der Waals surface area (Å²) in [6.45, 7) is 4.83. The Hall–Kier alpha value is -1.10. The maximum atomic E-state index is 12.8. The Bertz CT molecular complexity index is 406. The molecule has 0 aromatic heterocycles. The number of urea groups is 1. The molecular weight excluding hydrogens is 254 g/mol. The lowest BCUT2D eigenvalue weighted by Gasteiger charge is -2.37. The molecule has 0 radical (unpaired) electrons. The normalized spacial score (nSPS) is 35.6. The molecule has 2 N–H and O–H groups in total. The van der Waals surface area contributed by atoms with Crippen LogP contribution in [0.5, 0.6) is 0 Å². The number of rotatable bonds is 2. The van der Waals surface area contributed by atoms with Gasteiger partial charge in [-0.3, -0.25) is 4.79 Å². The van der Waals surface area contributed by atoms with Crippen molar-refractivity contribution in [1.29, 1.82) is 0 Å². The first-order valence-electron chi connectivity index (χ1n) is 8.11. The first-order chi connectivity index (χ1) is 9.63. The molecule has 2 aliphatic heterocycles. The topological polar surface area (TPSA) is 53.9 Å². The third-order valence-corrected chi connectivity index (χ3v) is 5.44. The molecule has 20 heavy (non-hydrogen) atoms. The van der Waals surface area contributed by atoms with Gasteiger partial charge in [0.1, 0.15) is 5.54 Å². The van der Waals surface area contributed by atoms with Gasteiger partial charge in [0.2, 0.25) is 0 Å². The summed E-state index contributed by atoms with van der Waals surface area (Å²) in [6, 6.07) is -0.165. The molecule has 3 amide bonds. The van der Waals surface area contributed by atoms with E-state index in [0.29, 0.717) is 6.67 Å². The van der Waals surface area contributed by atoms with E-state index >= 15 is 0 Å². The zero-order chi connectivity index (χ0) is 14.2. The minimum atomic E-state index is -0.593. The lowest BCUT2D eigenvalue weighted by Crippen LogP contribution is -3.14. The number of carbonyl (C=O) groups excluding carboxylic acids is 2. The van der Waals surface area contributed by atoms with Crippen LogP contribution >= 0.6 is 0 Å². The third kappa shape index (κ3) is 2.22. The number of carbonyl (C=O) groups is 2. The molecule has 3 rings (SSSR count). The number of hydrogen-bond acceptors (Lipinski definition) is 2. The van der Waals surface area contributed by atoms with E-state index in [1.807, 2.05) is 0 Å². The molecule has 2 atom stereocenters. The van der Waals surface area contributed by atoms with Gasteiger partial charge < -0.3 is 10.2 Å². The standard InChI is InChI=1S/C15H25N3O2/c1-12-7-3-4-8-15(12)13(19)18(14(20)16-15)11-17-9-5-2-6-10-17/h12H,2-11H2,1H3,(H,16,20)/p+1/t12-,15+/m1/s1. The Morgan fingerprint density at radius 3 is 2.65 bits per heavy atom. The highest BCUT2D eigenvalue weighted by Gasteiger charge is 2.55. The molecule has 5 heteroatoms. The van der Waals surface area contributed by atoms with Gasteiger partial charge in [-0.05, 0) is 38.0 Å². The Balaban J connectivity index is 1.72. The third-order valence-electron chi connectivity index (χ3n) is 5.44. The number of amides is 3. The Labute approximate surface area is 120 Å². The fraction of sp³-hybridized carbons (Fsp3) is 0.867. The Morgan fingerprint density at radius 2 is 1.95 bits per heavy atom. The van der Waals surface area contributed by atoms with Crippen LogP contribution in [0, 0.1) is 5.92 Å². The fourth-order valence-electron chi connectivity index (χ4n) is 4.07. The van der Waals surface area contributed by atoms with E-state index in [4.69, 9.17) is 0 Å². The lowest BCUT2D eigenvalue weighted by atomic mass is 9.73. The maximum absolute atomic E-state index is 12.8. The van der Waals surface area contributed by atoms with Crippen molar-refractivity contribution in [2.45, 2.75) is 57.4 Å². The molecule has 2 heterocycles. The molecule has 1 spiro atoms. The maximum Gasteiger partial charge on any atom is 0.329 e. The van der Waals surface area contributed by atoms with Gasteiger partial charge in [0.25, 0.3) is 5.91 Å². The van der Waals surface area contributed by atoms with E-state index in [1.165, 1.54) is 35.5 Å². The summed E-state index contributed by atoms with van der Waals surface area (Å²) in [7, 11) is 0. The zero-order valence-electron chi connectivity index (χ0n) is 12.4. The van der Waals surface area contributed by atoms with Crippen molar-refractivity contribution in [1.82, 2.24) is 10.2 Å². The number of imide groups is 1. The first-order valence-corrected chi connectivity index (χ1v) is 8.11. The van der Waals surface area contributed by atoms with Crippen LogP contribution in [-0.2, 0) is 4.79 Å². The summed E-state index contributed by atoms with van der Waals surface area (Å²) in [5.41, 5.74) is -0.593. The van der Waals surface area contributed by atoms with Gasteiger partial charge in [0, 0.05) is 0 Å². The van der Waals surface area contributed by atoms with Crippen LogP contribution < -0.4 is 10.2 Å². The summed E-state index contributed by atoms with van der Waals surface area (Å²) in [5.74, 6) is 0.293. The highest BCUT2D eigenvalue weighted by molar-refractivity contribution is 6.07. The molecule has 112 valence electrons. The SMILES string of the molecule is C[C@@H]1CCCC[C@]12NC(=O)N(C[NH+]1CCCCC1)C2=O.